The highest BCUT2D eigenvalue weighted by Crippen LogP contribution is 2.31. The van der Waals surface area contributed by atoms with Crippen molar-refractivity contribution in [2.75, 3.05) is 0 Å². The minimum absolute atomic E-state index is 0.314. The summed E-state index contributed by atoms with van der Waals surface area (Å²) in [4.78, 5) is 23.3. The molecule has 0 radical (unpaired) electrons. The summed E-state index contributed by atoms with van der Waals surface area (Å²) in [5.74, 6) is -2.67. The SMILES string of the molecule is CC(N)C(NC(=O)c1cn(-c2ccccc2)nc1C(F)(F)F)C(=O)O. The van der Waals surface area contributed by atoms with Crippen LogP contribution in [0.1, 0.15) is 23.0 Å². The minimum Gasteiger partial charge on any atom is -0.480 e. The van der Waals surface area contributed by atoms with Gasteiger partial charge in [0.25, 0.3) is 5.91 Å². The summed E-state index contributed by atoms with van der Waals surface area (Å²) in [5, 5.41) is 14.4. The molecule has 0 aliphatic rings. The van der Waals surface area contributed by atoms with Gasteiger partial charge in [0.1, 0.15) is 6.04 Å². The van der Waals surface area contributed by atoms with Crippen molar-refractivity contribution < 1.29 is 27.9 Å². The fourth-order valence-electron chi connectivity index (χ4n) is 2.10. The number of carboxylic acids is 1. The topological polar surface area (TPSA) is 110 Å². The van der Waals surface area contributed by atoms with E-state index in [2.05, 4.69) is 5.10 Å². The number of benzene rings is 1. The lowest BCUT2D eigenvalue weighted by molar-refractivity contribution is -0.141. The first-order valence-electron chi connectivity index (χ1n) is 7.12. The molecular formula is C15H15F3N4O3. The molecule has 10 heteroatoms. The number of carbonyl (C=O) groups is 2. The highest BCUT2D eigenvalue weighted by molar-refractivity contribution is 5.97. The van der Waals surface area contributed by atoms with Crippen molar-refractivity contribution >= 4 is 11.9 Å². The standard InChI is InChI=1S/C15H15F3N4O3/c1-8(19)11(14(24)25)20-13(23)10-7-22(9-5-3-2-4-6-9)21-12(10)15(16,17)18/h2-8,11H,19H2,1H3,(H,20,23)(H,24,25). The number of hydrogen-bond donors (Lipinski definition) is 3. The number of hydrogen-bond acceptors (Lipinski definition) is 4. The Morgan fingerprint density at radius 2 is 1.88 bits per heavy atom. The van der Waals surface area contributed by atoms with Crippen LogP contribution in [0.15, 0.2) is 36.5 Å². The number of rotatable bonds is 5. The highest BCUT2D eigenvalue weighted by Gasteiger charge is 2.40. The number of carboxylic acid groups (broad SMARTS) is 1. The number of aliphatic carboxylic acids is 1. The number of nitrogens with two attached hydrogens (primary N) is 1. The zero-order chi connectivity index (χ0) is 18.8. The predicted octanol–water partition coefficient (Wildman–Crippen LogP) is 1.42. The maximum absolute atomic E-state index is 13.2. The molecule has 1 heterocycles. The lowest BCUT2D eigenvalue weighted by atomic mass is 10.1. The average molecular weight is 356 g/mol. The summed E-state index contributed by atoms with van der Waals surface area (Å²) < 4.78 is 40.5. The second-order valence-corrected chi connectivity index (χ2v) is 5.32. The van der Waals surface area contributed by atoms with E-state index in [4.69, 9.17) is 10.8 Å². The molecule has 0 spiro atoms. The van der Waals surface area contributed by atoms with Gasteiger partial charge in [-0.2, -0.15) is 18.3 Å². The molecule has 1 aromatic carbocycles. The lowest BCUT2D eigenvalue weighted by Gasteiger charge is -2.17. The van der Waals surface area contributed by atoms with Gasteiger partial charge in [0.15, 0.2) is 5.69 Å². The molecule has 2 atom stereocenters. The molecule has 2 rings (SSSR count). The monoisotopic (exact) mass is 356 g/mol. The maximum Gasteiger partial charge on any atom is 0.435 e. The Bertz CT molecular complexity index is 772. The maximum atomic E-state index is 13.2. The fraction of sp³-hybridized carbons (Fsp3) is 0.267. The molecule has 0 aliphatic heterocycles. The first-order chi connectivity index (χ1) is 11.6. The van der Waals surface area contributed by atoms with Crippen molar-refractivity contribution in [2.24, 2.45) is 5.73 Å². The van der Waals surface area contributed by atoms with Gasteiger partial charge in [-0.05, 0) is 19.1 Å². The number of alkyl halides is 3. The van der Waals surface area contributed by atoms with Gasteiger partial charge in [-0.1, -0.05) is 18.2 Å². The molecular weight excluding hydrogens is 341 g/mol. The zero-order valence-electron chi connectivity index (χ0n) is 13.0. The normalized spacial score (nSPS) is 14.0. The van der Waals surface area contributed by atoms with Gasteiger partial charge in [0.05, 0.1) is 11.3 Å². The minimum atomic E-state index is -4.89. The number of halogens is 3. The van der Waals surface area contributed by atoms with E-state index in [1.807, 2.05) is 5.32 Å². The van der Waals surface area contributed by atoms with E-state index in [1.54, 1.807) is 18.2 Å². The zero-order valence-corrected chi connectivity index (χ0v) is 13.0. The fourth-order valence-corrected chi connectivity index (χ4v) is 2.10. The van der Waals surface area contributed by atoms with Crippen LogP contribution in [0, 0.1) is 0 Å². The van der Waals surface area contributed by atoms with E-state index in [1.165, 1.54) is 19.1 Å². The molecule has 0 bridgehead atoms. The Kier molecular flexibility index (Phi) is 5.12. The number of amides is 1. The van der Waals surface area contributed by atoms with Crippen LogP contribution in [0.5, 0.6) is 0 Å². The molecule has 0 saturated carbocycles. The van der Waals surface area contributed by atoms with Crippen LogP contribution in [-0.2, 0) is 11.0 Å². The van der Waals surface area contributed by atoms with Gasteiger partial charge in [-0.3, -0.25) is 4.79 Å². The number of nitrogens with one attached hydrogen (secondary N) is 1. The molecule has 0 saturated heterocycles. The van der Waals surface area contributed by atoms with Crippen LogP contribution in [0.25, 0.3) is 5.69 Å². The van der Waals surface area contributed by atoms with Crippen LogP contribution < -0.4 is 11.1 Å². The Morgan fingerprint density at radius 3 is 2.36 bits per heavy atom. The second kappa shape index (κ2) is 6.93. The van der Waals surface area contributed by atoms with Crippen molar-refractivity contribution in [1.82, 2.24) is 15.1 Å². The molecule has 1 amide bonds. The first-order valence-corrected chi connectivity index (χ1v) is 7.12. The van der Waals surface area contributed by atoms with Crippen molar-refractivity contribution in [3.05, 3.63) is 47.8 Å². The Hall–Kier alpha value is -2.88. The summed E-state index contributed by atoms with van der Waals surface area (Å²) in [6, 6.07) is 5.36. The third kappa shape index (κ3) is 4.15. The van der Waals surface area contributed by atoms with Gasteiger partial charge in [-0.15, -0.1) is 0 Å². The number of aromatic nitrogens is 2. The van der Waals surface area contributed by atoms with E-state index in [0.29, 0.717) is 5.69 Å². The molecule has 0 aliphatic carbocycles. The summed E-state index contributed by atoms with van der Waals surface area (Å²) in [6.07, 6.45) is -3.99. The van der Waals surface area contributed by atoms with Crippen molar-refractivity contribution in [3.8, 4) is 5.69 Å². The van der Waals surface area contributed by atoms with Crippen LogP contribution in [0.2, 0.25) is 0 Å². The number of nitrogens with zero attached hydrogens (tertiary/aromatic N) is 2. The van der Waals surface area contributed by atoms with E-state index >= 15 is 0 Å². The largest absolute Gasteiger partial charge is 0.480 e. The summed E-state index contributed by atoms with van der Waals surface area (Å²) in [5.41, 5.74) is 3.56. The molecule has 1 aromatic heterocycles. The van der Waals surface area contributed by atoms with Gasteiger partial charge in [0, 0.05) is 12.2 Å². The molecule has 2 unspecified atom stereocenters. The van der Waals surface area contributed by atoms with E-state index < -0.39 is 41.4 Å². The van der Waals surface area contributed by atoms with Crippen LogP contribution in [-0.4, -0.2) is 38.8 Å². The van der Waals surface area contributed by atoms with Gasteiger partial charge < -0.3 is 16.2 Å². The molecule has 25 heavy (non-hydrogen) atoms. The lowest BCUT2D eigenvalue weighted by Crippen LogP contribution is -2.51. The highest BCUT2D eigenvalue weighted by atomic mass is 19.4. The van der Waals surface area contributed by atoms with Crippen molar-refractivity contribution in [3.63, 3.8) is 0 Å². The Labute approximate surface area is 140 Å². The van der Waals surface area contributed by atoms with Crippen molar-refractivity contribution in [2.45, 2.75) is 25.2 Å². The number of carbonyl (C=O) groups excluding carboxylic acids is 1. The van der Waals surface area contributed by atoms with E-state index in [0.717, 1.165) is 10.9 Å². The van der Waals surface area contributed by atoms with Crippen LogP contribution >= 0.6 is 0 Å². The quantitative estimate of drug-likeness (QED) is 0.750. The summed E-state index contributed by atoms with van der Waals surface area (Å²) >= 11 is 0. The molecule has 2 aromatic rings. The summed E-state index contributed by atoms with van der Waals surface area (Å²) in [7, 11) is 0. The third-order valence-electron chi connectivity index (χ3n) is 3.33. The van der Waals surface area contributed by atoms with Gasteiger partial charge in [0.2, 0.25) is 0 Å². The summed E-state index contributed by atoms with van der Waals surface area (Å²) in [6.45, 7) is 1.32. The second-order valence-electron chi connectivity index (χ2n) is 5.32. The molecule has 7 nitrogen and oxygen atoms in total. The van der Waals surface area contributed by atoms with Crippen LogP contribution in [0.3, 0.4) is 0 Å². The molecule has 4 N–H and O–H groups in total. The Morgan fingerprint density at radius 1 is 1.28 bits per heavy atom. The average Bonchev–Trinajstić information content (AvgIpc) is 2.98. The first kappa shape index (κ1) is 18.5. The van der Waals surface area contributed by atoms with E-state index in [9.17, 15) is 22.8 Å². The third-order valence-corrected chi connectivity index (χ3v) is 3.33. The smallest absolute Gasteiger partial charge is 0.435 e. The Balaban J connectivity index is 2.43. The van der Waals surface area contributed by atoms with Gasteiger partial charge >= 0.3 is 12.1 Å². The predicted molar refractivity (Wildman–Crippen MR) is 81.1 cm³/mol. The molecule has 134 valence electrons. The van der Waals surface area contributed by atoms with Gasteiger partial charge in [-0.25, -0.2) is 9.48 Å². The molecule has 0 fully saturated rings. The van der Waals surface area contributed by atoms with Crippen LogP contribution in [0.4, 0.5) is 13.2 Å². The number of para-hydroxylation sites is 1. The van der Waals surface area contributed by atoms with Crippen molar-refractivity contribution in [1.29, 1.82) is 0 Å². The van der Waals surface area contributed by atoms with E-state index in [-0.39, 0.29) is 0 Å².